The Hall–Kier alpha value is -6.68. The Morgan fingerprint density at radius 3 is 1.98 bits per heavy atom. The molecule has 0 saturated carbocycles. The first kappa shape index (κ1) is 30.0. The van der Waals surface area contributed by atoms with E-state index in [1.165, 1.54) is 52.8 Å². The zero-order valence-corrected chi connectivity index (χ0v) is 29.5. The van der Waals surface area contributed by atoms with Crippen molar-refractivity contribution in [1.29, 1.82) is 0 Å². The molecule has 0 unspecified atom stereocenters. The van der Waals surface area contributed by atoms with E-state index in [0.29, 0.717) is 0 Å². The minimum absolute atomic E-state index is 0.880. The van der Waals surface area contributed by atoms with Gasteiger partial charge in [0.05, 0.1) is 21.5 Å². The van der Waals surface area contributed by atoms with E-state index in [2.05, 4.69) is 193 Å². The van der Waals surface area contributed by atoms with Crippen LogP contribution in [0.2, 0.25) is 0 Å². The molecule has 3 heteroatoms. The summed E-state index contributed by atoms with van der Waals surface area (Å²) in [6.07, 6.45) is 0. The Balaban J connectivity index is 1.21. The number of para-hydroxylation sites is 1. The summed E-state index contributed by atoms with van der Waals surface area (Å²) in [6.45, 7) is 0. The van der Waals surface area contributed by atoms with E-state index in [1.54, 1.807) is 0 Å². The van der Waals surface area contributed by atoms with E-state index in [9.17, 15) is 0 Å². The van der Waals surface area contributed by atoms with E-state index >= 15 is 0 Å². The molecule has 0 fully saturated rings. The summed E-state index contributed by atoms with van der Waals surface area (Å²) in [7, 11) is 0. The van der Waals surface area contributed by atoms with Crippen LogP contribution >= 0.6 is 11.3 Å². The first-order valence-electron chi connectivity index (χ1n) is 18.0. The predicted molar refractivity (Wildman–Crippen MR) is 227 cm³/mol. The molecular weight excluding hydrogens is 663 g/mol. The molecule has 0 atom stereocenters. The molecule has 0 amide bonds. The number of furan rings is 1. The number of anilines is 3. The van der Waals surface area contributed by atoms with Gasteiger partial charge in [-0.1, -0.05) is 146 Å². The number of nitrogens with zero attached hydrogens (tertiary/aromatic N) is 1. The van der Waals surface area contributed by atoms with Crippen molar-refractivity contribution in [2.24, 2.45) is 0 Å². The highest BCUT2D eigenvalue weighted by Crippen LogP contribution is 2.50. The average molecular weight is 694 g/mol. The van der Waals surface area contributed by atoms with Gasteiger partial charge in [0, 0.05) is 32.1 Å². The van der Waals surface area contributed by atoms with Gasteiger partial charge >= 0.3 is 0 Å². The fraction of sp³-hybridized carbons (Fsp3) is 0. The molecule has 0 aliphatic rings. The SMILES string of the molecule is c1ccc(-c2ccc3c(c2)sc2c(N(c4ccc5c(ccc6ccccc65)c4)c4ccc(-c5ccccc5)c5oc6ccccc6c45)cccc23)cc1. The molecule has 9 aromatic carbocycles. The van der Waals surface area contributed by atoms with Gasteiger partial charge in [-0.25, -0.2) is 0 Å². The molecule has 0 aliphatic carbocycles. The van der Waals surface area contributed by atoms with Gasteiger partial charge in [-0.3, -0.25) is 0 Å². The summed E-state index contributed by atoms with van der Waals surface area (Å²) in [5.41, 5.74) is 9.77. The van der Waals surface area contributed by atoms with E-state index in [0.717, 1.165) is 50.1 Å². The van der Waals surface area contributed by atoms with Crippen molar-refractivity contribution >= 4 is 92.1 Å². The quantitative estimate of drug-likeness (QED) is 0.167. The molecule has 0 N–H and O–H groups in total. The lowest BCUT2D eigenvalue weighted by molar-refractivity contribution is 0.670. The summed E-state index contributed by atoms with van der Waals surface area (Å²) in [5, 5.41) is 9.70. The third-order valence-corrected chi connectivity index (χ3v) is 11.8. The minimum Gasteiger partial charge on any atom is -0.455 e. The number of fused-ring (bicyclic) bond motifs is 9. The van der Waals surface area contributed by atoms with Crippen molar-refractivity contribution in [3.8, 4) is 22.3 Å². The summed E-state index contributed by atoms with van der Waals surface area (Å²) in [6, 6.07) is 67.9. The van der Waals surface area contributed by atoms with Crippen LogP contribution < -0.4 is 4.90 Å². The number of hydrogen-bond donors (Lipinski definition) is 0. The van der Waals surface area contributed by atoms with Crippen molar-refractivity contribution in [2.45, 2.75) is 0 Å². The Morgan fingerprint density at radius 2 is 1.11 bits per heavy atom. The van der Waals surface area contributed by atoms with Gasteiger partial charge in [0.25, 0.3) is 0 Å². The first-order valence-corrected chi connectivity index (χ1v) is 18.8. The summed E-state index contributed by atoms with van der Waals surface area (Å²) < 4.78 is 9.31. The highest BCUT2D eigenvalue weighted by atomic mass is 32.1. The molecule has 53 heavy (non-hydrogen) atoms. The number of thiophene rings is 1. The predicted octanol–water partition coefficient (Wildman–Crippen LogP) is 15.1. The van der Waals surface area contributed by atoms with Gasteiger partial charge in [-0.15, -0.1) is 11.3 Å². The molecule has 2 nitrogen and oxygen atoms in total. The topological polar surface area (TPSA) is 16.4 Å². The zero-order valence-electron chi connectivity index (χ0n) is 28.7. The molecule has 11 aromatic rings. The Kier molecular flexibility index (Phi) is 6.76. The molecule has 0 saturated heterocycles. The highest BCUT2D eigenvalue weighted by molar-refractivity contribution is 7.26. The van der Waals surface area contributed by atoms with Crippen molar-refractivity contribution < 1.29 is 4.42 Å². The van der Waals surface area contributed by atoms with Gasteiger partial charge < -0.3 is 9.32 Å². The fourth-order valence-electron chi connectivity index (χ4n) is 8.16. The van der Waals surface area contributed by atoms with Crippen molar-refractivity contribution in [2.75, 3.05) is 4.90 Å². The van der Waals surface area contributed by atoms with Crippen LogP contribution in [0, 0.1) is 0 Å². The van der Waals surface area contributed by atoms with E-state index in [1.807, 2.05) is 11.3 Å². The van der Waals surface area contributed by atoms with E-state index in [4.69, 9.17) is 4.42 Å². The third kappa shape index (κ3) is 4.78. The Bertz CT molecular complexity index is 3180. The maximum absolute atomic E-state index is 6.79. The Labute approximate surface area is 310 Å². The maximum atomic E-state index is 6.79. The third-order valence-electron chi connectivity index (χ3n) is 10.6. The molecular formula is C50H31NOS. The molecule has 0 radical (unpaired) electrons. The monoisotopic (exact) mass is 693 g/mol. The highest BCUT2D eigenvalue weighted by Gasteiger charge is 2.24. The van der Waals surface area contributed by atoms with Crippen LogP contribution in [0.25, 0.3) is 85.9 Å². The van der Waals surface area contributed by atoms with Crippen molar-refractivity contribution in [1.82, 2.24) is 0 Å². The summed E-state index contributed by atoms with van der Waals surface area (Å²) >= 11 is 1.87. The van der Waals surface area contributed by atoms with Gasteiger partial charge in [0.1, 0.15) is 11.2 Å². The smallest absolute Gasteiger partial charge is 0.145 e. The van der Waals surface area contributed by atoms with Crippen molar-refractivity contribution in [3.63, 3.8) is 0 Å². The van der Waals surface area contributed by atoms with Gasteiger partial charge in [0.15, 0.2) is 0 Å². The van der Waals surface area contributed by atoms with Crippen LogP contribution in [0.4, 0.5) is 17.1 Å². The molecule has 0 aliphatic heterocycles. The van der Waals surface area contributed by atoms with Gasteiger partial charge in [-0.05, 0) is 80.7 Å². The standard InChI is InChI=1S/C50H31NOS/c1-3-12-32(13-4-1)35-24-26-41-42-19-11-20-45(50(42)53-47(41)31-35)51(37-25-27-39-36(30-37)23-22-34-16-7-8-17-38(34)39)44-29-28-40(33-14-5-2-6-15-33)49-48(44)43-18-9-10-21-46(43)52-49/h1-31H. The molecule has 0 spiro atoms. The lowest BCUT2D eigenvalue weighted by atomic mass is 9.98. The first-order chi connectivity index (χ1) is 26.3. The van der Waals surface area contributed by atoms with Crippen LogP contribution in [0.3, 0.4) is 0 Å². The molecule has 11 rings (SSSR count). The second-order valence-electron chi connectivity index (χ2n) is 13.7. The average Bonchev–Trinajstić information content (AvgIpc) is 3.81. The van der Waals surface area contributed by atoms with Crippen LogP contribution in [-0.4, -0.2) is 0 Å². The second-order valence-corrected chi connectivity index (χ2v) is 14.7. The second kappa shape index (κ2) is 11.9. The van der Waals surface area contributed by atoms with E-state index < -0.39 is 0 Å². The van der Waals surface area contributed by atoms with Crippen LogP contribution in [0.5, 0.6) is 0 Å². The normalized spacial score (nSPS) is 11.8. The summed E-state index contributed by atoms with van der Waals surface area (Å²) in [4.78, 5) is 2.46. The van der Waals surface area contributed by atoms with E-state index in [-0.39, 0.29) is 0 Å². The largest absolute Gasteiger partial charge is 0.455 e. The van der Waals surface area contributed by atoms with Crippen LogP contribution in [0.1, 0.15) is 0 Å². The fourth-order valence-corrected chi connectivity index (χ4v) is 9.40. The maximum Gasteiger partial charge on any atom is 0.145 e. The van der Waals surface area contributed by atoms with Gasteiger partial charge in [0.2, 0.25) is 0 Å². The lowest BCUT2D eigenvalue weighted by Gasteiger charge is -2.27. The minimum atomic E-state index is 0.880. The van der Waals surface area contributed by atoms with Crippen LogP contribution in [0.15, 0.2) is 192 Å². The van der Waals surface area contributed by atoms with Gasteiger partial charge in [-0.2, -0.15) is 0 Å². The molecule has 2 aromatic heterocycles. The Morgan fingerprint density at radius 1 is 0.415 bits per heavy atom. The molecule has 248 valence electrons. The number of rotatable bonds is 5. The number of hydrogen-bond acceptors (Lipinski definition) is 3. The lowest BCUT2D eigenvalue weighted by Crippen LogP contribution is -2.10. The van der Waals surface area contributed by atoms with Crippen LogP contribution in [-0.2, 0) is 0 Å². The molecule has 2 heterocycles. The number of benzene rings is 9. The zero-order chi connectivity index (χ0) is 34.9. The molecule has 0 bridgehead atoms. The van der Waals surface area contributed by atoms with Crippen molar-refractivity contribution in [3.05, 3.63) is 188 Å². The summed E-state index contributed by atoms with van der Waals surface area (Å²) in [5.74, 6) is 0.